The van der Waals surface area contributed by atoms with E-state index in [1.807, 2.05) is 24.4 Å². The summed E-state index contributed by atoms with van der Waals surface area (Å²) < 4.78 is 22.3. The quantitative estimate of drug-likeness (QED) is 0.746. The Bertz CT molecular complexity index is 882. The monoisotopic (exact) mass is 401 g/mol. The molecule has 152 valence electrons. The normalized spacial score (nSPS) is 16.5. The summed E-state index contributed by atoms with van der Waals surface area (Å²) in [4.78, 5) is 11.4. The summed E-state index contributed by atoms with van der Waals surface area (Å²) in [6.07, 6.45) is 3.42. The first-order valence-corrected chi connectivity index (χ1v) is 10.6. The molecule has 0 saturated heterocycles. The van der Waals surface area contributed by atoms with Crippen LogP contribution in [-0.4, -0.2) is 42.0 Å². The third kappa shape index (κ3) is 4.77. The topological polar surface area (TPSA) is 81.2 Å². The maximum Gasteiger partial charge on any atom is 0.227 e. The van der Waals surface area contributed by atoms with Crippen LogP contribution in [0.15, 0.2) is 30.5 Å². The van der Waals surface area contributed by atoms with Gasteiger partial charge in [-0.25, -0.2) is 9.97 Å². The van der Waals surface area contributed by atoms with Gasteiger partial charge in [0.15, 0.2) is 0 Å². The molecule has 0 fully saturated rings. The van der Waals surface area contributed by atoms with E-state index in [4.69, 9.17) is 0 Å². The molecule has 2 aromatic rings. The van der Waals surface area contributed by atoms with Crippen LogP contribution in [-0.2, 0) is 29.5 Å². The van der Waals surface area contributed by atoms with Gasteiger partial charge in [0.2, 0.25) is 5.95 Å². The Hall–Kier alpha value is -1.83. The maximum absolute atomic E-state index is 11.5. The van der Waals surface area contributed by atoms with E-state index in [9.17, 15) is 8.76 Å². The number of likely N-dealkylation sites (N-methyl/N-ethyl adjacent to an activating group) is 1. The number of anilines is 2. The molecule has 0 amide bonds. The SMILES string of the molecule is CN1CCc2cnc(Nc3cccc(C(C)(C)CC(C)(C)S(=O)[O-])c3)nc2C1. The van der Waals surface area contributed by atoms with Gasteiger partial charge in [0, 0.05) is 29.7 Å². The minimum atomic E-state index is -2.13. The lowest BCUT2D eigenvalue weighted by Gasteiger charge is -2.37. The first-order valence-electron chi connectivity index (χ1n) is 9.57. The summed E-state index contributed by atoms with van der Waals surface area (Å²) in [5.41, 5.74) is 3.97. The van der Waals surface area contributed by atoms with Gasteiger partial charge in [-0.2, -0.15) is 0 Å². The lowest BCUT2D eigenvalue weighted by atomic mass is 9.77. The van der Waals surface area contributed by atoms with E-state index in [0.717, 1.165) is 36.5 Å². The highest BCUT2D eigenvalue weighted by Crippen LogP contribution is 2.35. The second kappa shape index (κ2) is 7.89. The molecule has 0 radical (unpaired) electrons. The van der Waals surface area contributed by atoms with Crippen molar-refractivity contribution in [2.75, 3.05) is 18.9 Å². The zero-order valence-electron chi connectivity index (χ0n) is 17.3. The van der Waals surface area contributed by atoms with Gasteiger partial charge in [-0.3, -0.25) is 4.21 Å². The van der Waals surface area contributed by atoms with Gasteiger partial charge in [0.25, 0.3) is 0 Å². The largest absolute Gasteiger partial charge is 0.772 e. The highest BCUT2D eigenvalue weighted by Gasteiger charge is 2.31. The number of benzene rings is 1. The number of aromatic nitrogens is 2. The fourth-order valence-corrected chi connectivity index (χ4v) is 4.35. The predicted octanol–water partition coefficient (Wildman–Crippen LogP) is 3.53. The zero-order chi connectivity index (χ0) is 20.5. The third-order valence-electron chi connectivity index (χ3n) is 5.36. The van der Waals surface area contributed by atoms with Gasteiger partial charge in [0.1, 0.15) is 0 Å². The Morgan fingerprint density at radius 3 is 2.75 bits per heavy atom. The second-order valence-corrected chi connectivity index (χ2v) is 10.5. The molecule has 1 aromatic carbocycles. The Balaban J connectivity index is 1.80. The number of rotatable bonds is 6. The van der Waals surface area contributed by atoms with Gasteiger partial charge in [0.05, 0.1) is 5.69 Å². The first kappa shape index (κ1) is 20.9. The van der Waals surface area contributed by atoms with Crippen LogP contribution in [0.25, 0.3) is 0 Å². The van der Waals surface area contributed by atoms with Crippen LogP contribution < -0.4 is 5.32 Å². The van der Waals surface area contributed by atoms with E-state index in [1.54, 1.807) is 13.8 Å². The number of nitrogens with zero attached hydrogens (tertiary/aromatic N) is 3. The van der Waals surface area contributed by atoms with Crippen molar-refractivity contribution in [1.29, 1.82) is 0 Å². The van der Waals surface area contributed by atoms with Crippen molar-refractivity contribution in [1.82, 2.24) is 14.9 Å². The summed E-state index contributed by atoms with van der Waals surface area (Å²) in [5.74, 6) is 0.588. The smallest absolute Gasteiger partial charge is 0.227 e. The molecule has 6 nitrogen and oxygen atoms in total. The molecule has 1 unspecified atom stereocenters. The van der Waals surface area contributed by atoms with E-state index in [1.165, 1.54) is 5.56 Å². The first-order chi connectivity index (χ1) is 13.1. The van der Waals surface area contributed by atoms with Gasteiger partial charge in [-0.15, -0.1) is 0 Å². The average Bonchev–Trinajstić information content (AvgIpc) is 2.60. The van der Waals surface area contributed by atoms with Crippen molar-refractivity contribution in [3.05, 3.63) is 47.3 Å². The van der Waals surface area contributed by atoms with E-state index in [0.29, 0.717) is 12.4 Å². The van der Waals surface area contributed by atoms with Gasteiger partial charge >= 0.3 is 0 Å². The maximum atomic E-state index is 11.5. The Morgan fingerprint density at radius 1 is 1.29 bits per heavy atom. The number of nitrogens with one attached hydrogen (secondary N) is 1. The summed E-state index contributed by atoms with van der Waals surface area (Å²) in [6.45, 7) is 9.54. The van der Waals surface area contributed by atoms with Crippen LogP contribution in [0.5, 0.6) is 0 Å². The second-order valence-electron chi connectivity index (χ2n) is 8.91. The van der Waals surface area contributed by atoms with Gasteiger partial charge in [-0.1, -0.05) is 26.0 Å². The Kier molecular flexibility index (Phi) is 5.89. The van der Waals surface area contributed by atoms with Gasteiger partial charge in [-0.05, 0) is 73.5 Å². The van der Waals surface area contributed by atoms with E-state index < -0.39 is 15.8 Å². The summed E-state index contributed by atoms with van der Waals surface area (Å²) in [6, 6.07) is 8.05. The molecule has 1 atom stereocenters. The minimum absolute atomic E-state index is 0.291. The zero-order valence-corrected chi connectivity index (χ0v) is 18.1. The van der Waals surface area contributed by atoms with Crippen LogP contribution in [0, 0.1) is 0 Å². The molecule has 0 aliphatic carbocycles. The molecule has 1 N–H and O–H groups in total. The summed E-state index contributed by atoms with van der Waals surface area (Å²) >= 11 is -2.13. The van der Waals surface area contributed by atoms with Crippen LogP contribution >= 0.6 is 0 Å². The van der Waals surface area contributed by atoms with Crippen LogP contribution in [0.3, 0.4) is 0 Å². The van der Waals surface area contributed by atoms with Gasteiger partial charge < -0.3 is 14.8 Å². The molecular weight excluding hydrogens is 372 g/mol. The molecule has 2 heterocycles. The molecule has 0 saturated carbocycles. The van der Waals surface area contributed by atoms with E-state index >= 15 is 0 Å². The standard InChI is InChI=1S/C21H30N4O2S/c1-20(2,14-21(3,4)28(26)27)16-7-6-8-17(11-16)23-19-22-12-15-9-10-25(5)13-18(15)24-19/h6-8,11-12H,9-10,13-14H2,1-5H3,(H,26,27)(H,22,23,24)/p-1. The lowest BCUT2D eigenvalue weighted by molar-refractivity contribution is 0.307. The molecule has 3 rings (SSSR count). The van der Waals surface area contributed by atoms with E-state index in [-0.39, 0.29) is 5.41 Å². The highest BCUT2D eigenvalue weighted by molar-refractivity contribution is 7.80. The molecule has 1 aromatic heterocycles. The van der Waals surface area contributed by atoms with Crippen molar-refractivity contribution in [2.24, 2.45) is 0 Å². The minimum Gasteiger partial charge on any atom is -0.772 e. The predicted molar refractivity (Wildman–Crippen MR) is 112 cm³/mol. The van der Waals surface area contributed by atoms with Crippen molar-refractivity contribution >= 4 is 22.7 Å². The fraction of sp³-hybridized carbons (Fsp3) is 0.524. The molecule has 1 aliphatic rings. The number of hydrogen-bond donors (Lipinski definition) is 1. The van der Waals surface area contributed by atoms with Crippen LogP contribution in [0.4, 0.5) is 11.6 Å². The average molecular weight is 402 g/mol. The molecule has 28 heavy (non-hydrogen) atoms. The number of hydrogen-bond acceptors (Lipinski definition) is 6. The molecule has 1 aliphatic heterocycles. The summed E-state index contributed by atoms with van der Waals surface area (Å²) in [5, 5.41) is 3.30. The van der Waals surface area contributed by atoms with Crippen molar-refractivity contribution in [2.45, 2.75) is 57.2 Å². The highest BCUT2D eigenvalue weighted by atomic mass is 32.2. The van der Waals surface area contributed by atoms with E-state index in [2.05, 4.69) is 47.1 Å². The van der Waals surface area contributed by atoms with Crippen molar-refractivity contribution < 1.29 is 8.76 Å². The Morgan fingerprint density at radius 2 is 2.04 bits per heavy atom. The molecule has 0 bridgehead atoms. The molecule has 0 spiro atoms. The fourth-order valence-electron chi connectivity index (χ4n) is 3.87. The lowest BCUT2D eigenvalue weighted by Crippen LogP contribution is -2.35. The number of fused-ring (bicyclic) bond motifs is 1. The summed E-state index contributed by atoms with van der Waals surface area (Å²) in [7, 11) is 2.10. The van der Waals surface area contributed by atoms with Crippen LogP contribution in [0.1, 0.15) is 50.9 Å². The Labute approximate surface area is 170 Å². The third-order valence-corrected chi connectivity index (χ3v) is 6.40. The van der Waals surface area contributed by atoms with Crippen molar-refractivity contribution in [3.63, 3.8) is 0 Å². The van der Waals surface area contributed by atoms with Crippen molar-refractivity contribution in [3.8, 4) is 0 Å². The molecule has 7 heteroatoms. The molecular formula is C21H29N4O2S-. The van der Waals surface area contributed by atoms with Crippen LogP contribution in [0.2, 0.25) is 0 Å².